The van der Waals surface area contributed by atoms with Crippen LogP contribution in [0.15, 0.2) is 65.5 Å². The quantitative estimate of drug-likeness (QED) is 0.291. The molecule has 34 heavy (non-hydrogen) atoms. The van der Waals surface area contributed by atoms with E-state index in [2.05, 4.69) is 5.32 Å². The highest BCUT2D eigenvalue weighted by molar-refractivity contribution is 5.95. The largest absolute Gasteiger partial charge is 0.507 e. The van der Waals surface area contributed by atoms with E-state index < -0.39 is 12.0 Å². The van der Waals surface area contributed by atoms with Gasteiger partial charge in [0.25, 0.3) is 11.5 Å². The van der Waals surface area contributed by atoms with Crippen LogP contribution in [0.2, 0.25) is 0 Å². The standard InChI is InChI=1S/C24H27N3O7/c1-27-22(30)3-2-4-23(27)34-18-7-5-17(6-8-18)33-15-16(28)14-26-11-12-32-19-9-10-21(29)20(13-19)24(25)31/h2-10,13,16,26,28-29H,11-12,14-15H2,1H3,(H2,25,31). The van der Waals surface area contributed by atoms with E-state index in [0.29, 0.717) is 29.7 Å². The molecule has 180 valence electrons. The molecular weight excluding hydrogens is 442 g/mol. The monoisotopic (exact) mass is 469 g/mol. The van der Waals surface area contributed by atoms with Gasteiger partial charge in [0.2, 0.25) is 5.88 Å². The van der Waals surface area contributed by atoms with Crippen molar-refractivity contribution < 1.29 is 29.2 Å². The Balaban J connectivity index is 1.35. The lowest BCUT2D eigenvalue weighted by Crippen LogP contribution is -2.33. The molecule has 0 bridgehead atoms. The first-order valence-corrected chi connectivity index (χ1v) is 10.5. The molecule has 10 nitrogen and oxygen atoms in total. The van der Waals surface area contributed by atoms with Gasteiger partial charge in [-0.05, 0) is 48.5 Å². The third kappa shape index (κ3) is 6.99. The maximum absolute atomic E-state index is 11.7. The molecule has 0 aliphatic heterocycles. The number of aliphatic hydroxyl groups excluding tert-OH is 1. The van der Waals surface area contributed by atoms with Crippen LogP contribution >= 0.6 is 0 Å². The number of nitrogens with zero attached hydrogens (tertiary/aromatic N) is 1. The van der Waals surface area contributed by atoms with Crippen LogP contribution in [0.4, 0.5) is 0 Å². The van der Waals surface area contributed by atoms with Crippen LogP contribution in [0.25, 0.3) is 0 Å². The van der Waals surface area contributed by atoms with Crippen LogP contribution < -0.4 is 30.8 Å². The molecule has 0 aliphatic rings. The summed E-state index contributed by atoms with van der Waals surface area (Å²) in [4.78, 5) is 22.9. The summed E-state index contributed by atoms with van der Waals surface area (Å²) in [5, 5.41) is 22.7. The predicted molar refractivity (Wildman–Crippen MR) is 125 cm³/mol. The summed E-state index contributed by atoms with van der Waals surface area (Å²) in [6.45, 7) is 1.10. The zero-order valence-corrected chi connectivity index (χ0v) is 18.6. The lowest BCUT2D eigenvalue weighted by Gasteiger charge is -2.14. The molecular formula is C24H27N3O7. The van der Waals surface area contributed by atoms with Gasteiger partial charge < -0.3 is 35.5 Å². The number of nitrogens with one attached hydrogen (secondary N) is 1. The Kier molecular flexibility index (Phi) is 8.49. The number of amides is 1. The van der Waals surface area contributed by atoms with Crippen LogP contribution in [-0.4, -0.2) is 53.1 Å². The second kappa shape index (κ2) is 11.7. The zero-order valence-electron chi connectivity index (χ0n) is 18.6. The van der Waals surface area contributed by atoms with Crippen LogP contribution in [0.1, 0.15) is 10.4 Å². The predicted octanol–water partition coefficient (Wildman–Crippen LogP) is 1.39. The van der Waals surface area contributed by atoms with Crippen molar-refractivity contribution in [1.82, 2.24) is 9.88 Å². The second-order valence-corrected chi connectivity index (χ2v) is 7.40. The molecule has 0 saturated carbocycles. The van der Waals surface area contributed by atoms with Crippen molar-refractivity contribution in [2.24, 2.45) is 12.8 Å². The number of aromatic hydroxyl groups is 1. The molecule has 3 aromatic rings. The highest BCUT2D eigenvalue weighted by atomic mass is 16.5. The average molecular weight is 469 g/mol. The Morgan fingerprint density at radius 1 is 1.06 bits per heavy atom. The van der Waals surface area contributed by atoms with Crippen LogP contribution in [0.3, 0.4) is 0 Å². The van der Waals surface area contributed by atoms with E-state index in [-0.39, 0.29) is 36.6 Å². The second-order valence-electron chi connectivity index (χ2n) is 7.40. The molecule has 1 aromatic heterocycles. The fourth-order valence-corrected chi connectivity index (χ4v) is 2.94. The summed E-state index contributed by atoms with van der Waals surface area (Å²) in [7, 11) is 1.63. The van der Waals surface area contributed by atoms with E-state index in [9.17, 15) is 19.8 Å². The van der Waals surface area contributed by atoms with Crippen molar-refractivity contribution >= 4 is 5.91 Å². The minimum absolute atomic E-state index is 0.0108. The summed E-state index contributed by atoms with van der Waals surface area (Å²) >= 11 is 0. The summed E-state index contributed by atoms with van der Waals surface area (Å²) in [6, 6.07) is 15.9. The number of ether oxygens (including phenoxy) is 3. The molecule has 1 unspecified atom stereocenters. The zero-order chi connectivity index (χ0) is 24.5. The highest BCUT2D eigenvalue weighted by Gasteiger charge is 2.09. The molecule has 1 amide bonds. The maximum atomic E-state index is 11.7. The number of carbonyl (C=O) groups excluding carboxylic acids is 1. The first-order valence-electron chi connectivity index (χ1n) is 10.5. The Bertz CT molecular complexity index is 1160. The van der Waals surface area contributed by atoms with Gasteiger partial charge in [-0.2, -0.15) is 0 Å². The van der Waals surface area contributed by atoms with E-state index in [1.807, 2.05) is 0 Å². The van der Waals surface area contributed by atoms with E-state index in [1.165, 1.54) is 28.8 Å². The topological polar surface area (TPSA) is 145 Å². The molecule has 5 N–H and O–H groups in total. The van der Waals surface area contributed by atoms with Gasteiger partial charge in [0.15, 0.2) is 0 Å². The molecule has 2 aromatic carbocycles. The van der Waals surface area contributed by atoms with Crippen molar-refractivity contribution in [3.63, 3.8) is 0 Å². The van der Waals surface area contributed by atoms with E-state index >= 15 is 0 Å². The van der Waals surface area contributed by atoms with Crippen molar-refractivity contribution in [3.05, 3.63) is 76.6 Å². The normalized spacial score (nSPS) is 11.6. The van der Waals surface area contributed by atoms with Gasteiger partial charge in [0, 0.05) is 26.2 Å². The number of carbonyl (C=O) groups is 1. The SMILES string of the molecule is Cn1c(Oc2ccc(OCC(O)CNCCOc3ccc(O)c(C(N)=O)c3)cc2)cccc1=O. The first kappa shape index (κ1) is 24.6. The third-order valence-corrected chi connectivity index (χ3v) is 4.79. The molecule has 1 heterocycles. The van der Waals surface area contributed by atoms with Gasteiger partial charge in [-0.1, -0.05) is 6.07 Å². The molecule has 0 radical (unpaired) electrons. The van der Waals surface area contributed by atoms with E-state index in [1.54, 1.807) is 43.4 Å². The number of nitrogens with two attached hydrogens (primary N) is 1. The van der Waals surface area contributed by atoms with Gasteiger partial charge in [-0.25, -0.2) is 0 Å². The van der Waals surface area contributed by atoms with Crippen molar-refractivity contribution in [3.8, 4) is 28.9 Å². The summed E-state index contributed by atoms with van der Waals surface area (Å²) in [5.74, 6) is 0.993. The summed E-state index contributed by atoms with van der Waals surface area (Å²) in [6.07, 6.45) is -0.745. The van der Waals surface area contributed by atoms with Crippen molar-refractivity contribution in [2.75, 3.05) is 26.3 Å². The minimum Gasteiger partial charge on any atom is -0.507 e. The Hall–Kier alpha value is -4.02. The molecule has 0 aliphatic carbocycles. The third-order valence-electron chi connectivity index (χ3n) is 4.79. The number of aromatic nitrogens is 1. The molecule has 3 rings (SSSR count). The molecule has 10 heteroatoms. The molecule has 0 fully saturated rings. The number of rotatable bonds is 12. The highest BCUT2D eigenvalue weighted by Crippen LogP contribution is 2.23. The average Bonchev–Trinajstić information content (AvgIpc) is 2.82. The maximum Gasteiger partial charge on any atom is 0.253 e. The Labute approximate surface area is 196 Å². The van der Waals surface area contributed by atoms with Gasteiger partial charge in [-0.3, -0.25) is 14.2 Å². The number of aliphatic hydroxyl groups is 1. The fraction of sp³-hybridized carbons (Fsp3) is 0.250. The first-order chi connectivity index (χ1) is 16.3. The lowest BCUT2D eigenvalue weighted by molar-refractivity contribution is 0.0996. The number of benzene rings is 2. The van der Waals surface area contributed by atoms with E-state index in [0.717, 1.165) is 0 Å². The summed E-state index contributed by atoms with van der Waals surface area (Å²) in [5.41, 5.74) is 5.01. The van der Waals surface area contributed by atoms with Crippen molar-refractivity contribution in [1.29, 1.82) is 0 Å². The van der Waals surface area contributed by atoms with Gasteiger partial charge in [0.1, 0.15) is 42.3 Å². The number of primary amides is 1. The minimum atomic E-state index is -0.745. The van der Waals surface area contributed by atoms with Crippen LogP contribution in [0.5, 0.6) is 28.9 Å². The molecule has 1 atom stereocenters. The molecule has 0 spiro atoms. The fourth-order valence-electron chi connectivity index (χ4n) is 2.94. The number of hydrogen-bond donors (Lipinski definition) is 4. The Morgan fingerprint density at radius 3 is 2.50 bits per heavy atom. The number of hydrogen-bond acceptors (Lipinski definition) is 8. The van der Waals surface area contributed by atoms with E-state index in [4.69, 9.17) is 19.9 Å². The van der Waals surface area contributed by atoms with Crippen LogP contribution in [-0.2, 0) is 7.05 Å². The summed E-state index contributed by atoms with van der Waals surface area (Å²) < 4.78 is 18.2. The molecule has 0 saturated heterocycles. The Morgan fingerprint density at radius 2 is 1.76 bits per heavy atom. The van der Waals surface area contributed by atoms with Crippen LogP contribution in [0, 0.1) is 0 Å². The van der Waals surface area contributed by atoms with Gasteiger partial charge in [0.05, 0.1) is 5.56 Å². The van der Waals surface area contributed by atoms with Crippen molar-refractivity contribution in [2.45, 2.75) is 6.10 Å². The number of pyridine rings is 1. The van der Waals surface area contributed by atoms with Gasteiger partial charge >= 0.3 is 0 Å². The lowest BCUT2D eigenvalue weighted by atomic mass is 10.2. The van der Waals surface area contributed by atoms with Gasteiger partial charge in [-0.15, -0.1) is 0 Å². The smallest absolute Gasteiger partial charge is 0.253 e. The number of phenols is 1.